The van der Waals surface area contributed by atoms with E-state index in [1.54, 1.807) is 0 Å². The Labute approximate surface area is 82.4 Å². The molecule has 1 nitrogen and oxygen atoms in total. The van der Waals surface area contributed by atoms with E-state index in [4.69, 9.17) is 23.2 Å². The second-order valence-electron chi connectivity index (χ2n) is 2.16. The minimum Gasteiger partial charge on any atom is -0.412 e. The Hall–Kier alpha value is -0.450. The lowest BCUT2D eigenvalue weighted by Crippen LogP contribution is -2.04. The highest BCUT2D eigenvalue weighted by molar-refractivity contribution is 6.34. The number of hydrogen-bond acceptors (Lipinski definition) is 0. The predicted molar refractivity (Wildman–Crippen MR) is 45.1 cm³/mol. The molecule has 0 saturated carbocycles. The van der Waals surface area contributed by atoms with E-state index in [1.807, 2.05) is 0 Å². The molecule has 0 amide bonds. The van der Waals surface area contributed by atoms with E-state index in [-0.39, 0.29) is 15.5 Å². The van der Waals surface area contributed by atoms with Gasteiger partial charge < -0.3 is 5.48 Å². The topological polar surface area (TPSA) is 31.5 Å². The molecule has 74 valence electrons. The first-order valence-corrected chi connectivity index (χ1v) is 3.68. The maximum absolute atomic E-state index is 12.0. The number of halogens is 5. The Morgan fingerprint density at radius 2 is 1.31 bits per heavy atom. The van der Waals surface area contributed by atoms with Crippen molar-refractivity contribution >= 4 is 23.2 Å². The van der Waals surface area contributed by atoms with Gasteiger partial charge in [-0.05, 0) is 18.2 Å². The molecule has 0 atom stereocenters. The molecule has 0 radical (unpaired) electrons. The third-order valence-electron chi connectivity index (χ3n) is 1.19. The van der Waals surface area contributed by atoms with Crippen LogP contribution in [-0.4, -0.2) is 5.48 Å². The van der Waals surface area contributed by atoms with Gasteiger partial charge in [0.25, 0.3) is 0 Å². The molecular formula is C7H5Cl2F3O. The molecule has 1 rings (SSSR count). The fourth-order valence-corrected chi connectivity index (χ4v) is 1.24. The highest BCUT2D eigenvalue weighted by Crippen LogP contribution is 2.32. The van der Waals surface area contributed by atoms with Crippen LogP contribution in [0.4, 0.5) is 13.2 Å². The van der Waals surface area contributed by atoms with Crippen molar-refractivity contribution in [1.82, 2.24) is 0 Å². The average Bonchev–Trinajstić information content (AvgIpc) is 1.82. The first-order chi connectivity index (χ1) is 5.39. The monoisotopic (exact) mass is 232 g/mol. The molecule has 0 aliphatic rings. The summed E-state index contributed by atoms with van der Waals surface area (Å²) in [6.45, 7) is 0. The number of hydrogen-bond donors (Lipinski definition) is 0. The lowest BCUT2D eigenvalue weighted by atomic mass is 10.2. The van der Waals surface area contributed by atoms with Crippen molar-refractivity contribution in [3.8, 4) is 0 Å². The minimum atomic E-state index is -4.39. The lowest BCUT2D eigenvalue weighted by molar-refractivity contribution is -0.137. The van der Waals surface area contributed by atoms with Crippen molar-refractivity contribution in [2.75, 3.05) is 0 Å². The summed E-state index contributed by atoms with van der Waals surface area (Å²) in [5.41, 5.74) is -0.833. The molecule has 6 heteroatoms. The Morgan fingerprint density at radius 3 is 1.62 bits per heavy atom. The van der Waals surface area contributed by atoms with E-state index < -0.39 is 11.7 Å². The SMILES string of the molecule is FC(F)(F)c1cc(Cl)cc(Cl)c1.O. The van der Waals surface area contributed by atoms with Gasteiger partial charge in [-0.15, -0.1) is 0 Å². The molecule has 1 aromatic carbocycles. The van der Waals surface area contributed by atoms with Crippen LogP contribution in [-0.2, 0) is 6.18 Å². The van der Waals surface area contributed by atoms with Crippen molar-refractivity contribution in [2.24, 2.45) is 0 Å². The van der Waals surface area contributed by atoms with Crippen molar-refractivity contribution in [3.05, 3.63) is 33.8 Å². The molecule has 0 spiro atoms. The summed E-state index contributed by atoms with van der Waals surface area (Å²) >= 11 is 10.7. The number of benzene rings is 1. The maximum Gasteiger partial charge on any atom is 0.416 e. The highest BCUT2D eigenvalue weighted by atomic mass is 35.5. The van der Waals surface area contributed by atoms with E-state index in [2.05, 4.69) is 0 Å². The molecule has 0 aromatic heterocycles. The summed E-state index contributed by atoms with van der Waals surface area (Å²) in [4.78, 5) is 0. The summed E-state index contributed by atoms with van der Waals surface area (Å²) in [6, 6.07) is 2.90. The van der Waals surface area contributed by atoms with Crippen LogP contribution in [0, 0.1) is 0 Å². The van der Waals surface area contributed by atoms with Crippen LogP contribution in [0.2, 0.25) is 10.0 Å². The zero-order chi connectivity index (χ0) is 9.35. The standard InChI is InChI=1S/C7H3Cl2F3.H2O/c8-5-1-4(7(10,11)12)2-6(9)3-5;/h1-3H;1H2. The quantitative estimate of drug-likeness (QED) is 0.658. The van der Waals surface area contributed by atoms with Gasteiger partial charge in [0.1, 0.15) is 0 Å². The van der Waals surface area contributed by atoms with E-state index in [1.165, 1.54) is 6.07 Å². The van der Waals surface area contributed by atoms with E-state index in [9.17, 15) is 13.2 Å². The molecule has 1 aromatic rings. The van der Waals surface area contributed by atoms with Crippen molar-refractivity contribution in [2.45, 2.75) is 6.18 Å². The molecule has 0 bridgehead atoms. The Bertz CT molecular complexity index is 278. The van der Waals surface area contributed by atoms with Crippen LogP contribution in [0.5, 0.6) is 0 Å². The molecule has 0 heterocycles. The molecule has 0 fully saturated rings. The van der Waals surface area contributed by atoms with E-state index in [0.29, 0.717) is 0 Å². The molecule has 0 unspecified atom stereocenters. The van der Waals surface area contributed by atoms with Crippen LogP contribution in [0.15, 0.2) is 18.2 Å². The fraction of sp³-hybridized carbons (Fsp3) is 0.143. The van der Waals surface area contributed by atoms with Crippen molar-refractivity contribution in [1.29, 1.82) is 0 Å². The molecular weight excluding hydrogens is 228 g/mol. The van der Waals surface area contributed by atoms with E-state index >= 15 is 0 Å². The van der Waals surface area contributed by atoms with Crippen LogP contribution in [0.25, 0.3) is 0 Å². The molecule has 0 aliphatic heterocycles. The molecule has 2 N–H and O–H groups in total. The second-order valence-corrected chi connectivity index (χ2v) is 3.03. The summed E-state index contributed by atoms with van der Waals surface area (Å²) in [5, 5.41) is -0.0374. The highest BCUT2D eigenvalue weighted by Gasteiger charge is 2.30. The van der Waals surface area contributed by atoms with Gasteiger partial charge in [-0.25, -0.2) is 0 Å². The van der Waals surface area contributed by atoms with Crippen molar-refractivity contribution in [3.63, 3.8) is 0 Å². The van der Waals surface area contributed by atoms with Crippen LogP contribution >= 0.6 is 23.2 Å². The van der Waals surface area contributed by atoms with Crippen LogP contribution in [0.3, 0.4) is 0 Å². The molecule has 0 saturated heterocycles. The molecule has 0 aliphatic carbocycles. The van der Waals surface area contributed by atoms with Crippen molar-refractivity contribution < 1.29 is 18.6 Å². The lowest BCUT2D eigenvalue weighted by Gasteiger charge is -2.06. The smallest absolute Gasteiger partial charge is 0.412 e. The summed E-state index contributed by atoms with van der Waals surface area (Å²) in [7, 11) is 0. The molecule has 13 heavy (non-hydrogen) atoms. The van der Waals surface area contributed by atoms with Gasteiger partial charge >= 0.3 is 6.18 Å². The van der Waals surface area contributed by atoms with Gasteiger partial charge in [-0.2, -0.15) is 13.2 Å². The van der Waals surface area contributed by atoms with E-state index in [0.717, 1.165) is 12.1 Å². The summed E-state index contributed by atoms with van der Waals surface area (Å²) in [6.07, 6.45) is -4.39. The van der Waals surface area contributed by atoms with Gasteiger partial charge in [0, 0.05) is 10.0 Å². The van der Waals surface area contributed by atoms with Gasteiger partial charge in [-0.1, -0.05) is 23.2 Å². The first kappa shape index (κ1) is 12.6. The van der Waals surface area contributed by atoms with Crippen LogP contribution < -0.4 is 0 Å². The second kappa shape index (κ2) is 4.17. The Balaban J connectivity index is 0.00000144. The largest absolute Gasteiger partial charge is 0.416 e. The average molecular weight is 233 g/mol. The summed E-state index contributed by atoms with van der Waals surface area (Å²) in [5.74, 6) is 0. The van der Waals surface area contributed by atoms with Gasteiger partial charge in [0.05, 0.1) is 5.56 Å². The summed E-state index contributed by atoms with van der Waals surface area (Å²) < 4.78 is 36.1. The Kier molecular flexibility index (Phi) is 4.03. The Morgan fingerprint density at radius 1 is 0.923 bits per heavy atom. The van der Waals surface area contributed by atoms with Gasteiger partial charge in [0.2, 0.25) is 0 Å². The van der Waals surface area contributed by atoms with Crippen LogP contribution in [0.1, 0.15) is 5.56 Å². The number of rotatable bonds is 0. The predicted octanol–water partition coefficient (Wildman–Crippen LogP) is 3.19. The maximum atomic E-state index is 12.0. The zero-order valence-corrected chi connectivity index (χ0v) is 7.63. The normalized spacial score (nSPS) is 10.8. The number of alkyl halides is 3. The third-order valence-corrected chi connectivity index (χ3v) is 1.63. The zero-order valence-electron chi connectivity index (χ0n) is 6.12. The fourth-order valence-electron chi connectivity index (χ4n) is 0.717. The van der Waals surface area contributed by atoms with Gasteiger partial charge in [0.15, 0.2) is 0 Å². The third kappa shape index (κ3) is 3.42. The first-order valence-electron chi connectivity index (χ1n) is 2.93. The van der Waals surface area contributed by atoms with Gasteiger partial charge in [-0.3, -0.25) is 0 Å². The minimum absolute atomic E-state index is 0.